The van der Waals surface area contributed by atoms with Gasteiger partial charge in [-0.05, 0) is 37.0 Å². The second-order valence-electron chi connectivity index (χ2n) is 5.28. The summed E-state index contributed by atoms with van der Waals surface area (Å²) in [4.78, 5) is 27.7. The van der Waals surface area contributed by atoms with Crippen LogP contribution in [0.15, 0.2) is 35.0 Å². The van der Waals surface area contributed by atoms with Crippen molar-refractivity contribution < 1.29 is 9.59 Å². The molecule has 0 fully saturated rings. The molecule has 2 aromatic heterocycles. The quantitative estimate of drug-likeness (QED) is 0.767. The maximum absolute atomic E-state index is 11.9. The van der Waals surface area contributed by atoms with Crippen LogP contribution in [0.1, 0.15) is 27.0 Å². The molecule has 2 heterocycles. The standard InChI is InChI=1S/C16H21N3O2S2/c1-19(2)12(13-5-3-9-22-13)11-18-15(20)7-8-17-16(21)14-6-4-10-23-14/h3-6,9-10,12H,7-8,11H2,1-2H3,(H,17,21)(H,18,20). The zero-order chi connectivity index (χ0) is 16.7. The Hall–Kier alpha value is -1.70. The van der Waals surface area contributed by atoms with Gasteiger partial charge in [-0.25, -0.2) is 0 Å². The molecule has 1 atom stereocenters. The van der Waals surface area contributed by atoms with Gasteiger partial charge in [-0.15, -0.1) is 22.7 Å². The van der Waals surface area contributed by atoms with Crippen molar-refractivity contribution in [2.24, 2.45) is 0 Å². The van der Waals surface area contributed by atoms with E-state index in [2.05, 4.69) is 21.6 Å². The summed E-state index contributed by atoms with van der Waals surface area (Å²) < 4.78 is 0. The topological polar surface area (TPSA) is 61.4 Å². The van der Waals surface area contributed by atoms with Gasteiger partial charge >= 0.3 is 0 Å². The average Bonchev–Trinajstić information content (AvgIpc) is 3.20. The molecule has 0 aliphatic heterocycles. The van der Waals surface area contributed by atoms with Crippen LogP contribution in [0.2, 0.25) is 0 Å². The van der Waals surface area contributed by atoms with Gasteiger partial charge in [0.1, 0.15) is 0 Å². The lowest BCUT2D eigenvalue weighted by molar-refractivity contribution is -0.121. The fourth-order valence-corrected chi connectivity index (χ4v) is 3.66. The zero-order valence-corrected chi connectivity index (χ0v) is 14.9. The lowest BCUT2D eigenvalue weighted by Gasteiger charge is -2.23. The summed E-state index contributed by atoms with van der Waals surface area (Å²) in [7, 11) is 4.00. The summed E-state index contributed by atoms with van der Waals surface area (Å²) in [5, 5.41) is 9.58. The van der Waals surface area contributed by atoms with Crippen LogP contribution in [-0.4, -0.2) is 43.9 Å². The van der Waals surface area contributed by atoms with E-state index in [0.29, 0.717) is 18.0 Å². The van der Waals surface area contributed by atoms with Gasteiger partial charge in [0.15, 0.2) is 0 Å². The van der Waals surface area contributed by atoms with Gasteiger partial charge in [0.25, 0.3) is 5.91 Å². The lowest BCUT2D eigenvalue weighted by Crippen LogP contribution is -2.36. The van der Waals surface area contributed by atoms with E-state index >= 15 is 0 Å². The Morgan fingerprint density at radius 1 is 1.13 bits per heavy atom. The van der Waals surface area contributed by atoms with Crippen LogP contribution >= 0.6 is 22.7 Å². The largest absolute Gasteiger partial charge is 0.354 e. The highest BCUT2D eigenvalue weighted by Gasteiger charge is 2.16. The van der Waals surface area contributed by atoms with Crippen molar-refractivity contribution in [2.45, 2.75) is 12.5 Å². The van der Waals surface area contributed by atoms with Crippen LogP contribution in [0.4, 0.5) is 0 Å². The molecule has 0 radical (unpaired) electrons. The molecular weight excluding hydrogens is 330 g/mol. The van der Waals surface area contributed by atoms with Gasteiger partial charge in [0.2, 0.25) is 5.91 Å². The van der Waals surface area contributed by atoms with Gasteiger partial charge in [-0.1, -0.05) is 12.1 Å². The number of hydrogen-bond donors (Lipinski definition) is 2. The van der Waals surface area contributed by atoms with Crippen molar-refractivity contribution >= 4 is 34.5 Å². The zero-order valence-electron chi connectivity index (χ0n) is 13.2. The first-order valence-corrected chi connectivity index (χ1v) is 9.12. The SMILES string of the molecule is CN(C)C(CNC(=O)CCNC(=O)c1cccs1)c1cccs1. The molecule has 2 rings (SSSR count). The number of nitrogens with one attached hydrogen (secondary N) is 2. The van der Waals surface area contributed by atoms with Crippen molar-refractivity contribution in [2.75, 3.05) is 27.2 Å². The minimum Gasteiger partial charge on any atom is -0.354 e. The molecule has 2 amide bonds. The molecule has 124 valence electrons. The van der Waals surface area contributed by atoms with Crippen molar-refractivity contribution in [1.29, 1.82) is 0 Å². The van der Waals surface area contributed by atoms with Crippen LogP contribution in [0.25, 0.3) is 0 Å². The number of rotatable bonds is 8. The molecular formula is C16H21N3O2S2. The molecule has 0 aliphatic rings. The Labute approximate surface area is 144 Å². The van der Waals surface area contributed by atoms with E-state index in [1.807, 2.05) is 37.0 Å². The Balaban J connectivity index is 1.71. The van der Waals surface area contributed by atoms with Crippen LogP contribution in [0.3, 0.4) is 0 Å². The van der Waals surface area contributed by atoms with Gasteiger partial charge in [-0.3, -0.25) is 9.59 Å². The van der Waals surface area contributed by atoms with E-state index in [1.54, 1.807) is 17.4 Å². The molecule has 5 nitrogen and oxygen atoms in total. The summed E-state index contributed by atoms with van der Waals surface area (Å²) >= 11 is 3.07. The minimum absolute atomic E-state index is 0.0557. The Morgan fingerprint density at radius 3 is 2.48 bits per heavy atom. The van der Waals surface area contributed by atoms with Gasteiger partial charge in [0.05, 0.1) is 10.9 Å². The summed E-state index contributed by atoms with van der Waals surface area (Å²) in [6.45, 7) is 0.902. The fourth-order valence-electron chi connectivity index (χ4n) is 2.10. The summed E-state index contributed by atoms with van der Waals surface area (Å²) in [6, 6.07) is 7.85. The summed E-state index contributed by atoms with van der Waals surface area (Å²) in [5.41, 5.74) is 0. The number of likely N-dealkylation sites (N-methyl/N-ethyl adjacent to an activating group) is 1. The first kappa shape index (κ1) is 17.7. The van der Waals surface area contributed by atoms with E-state index < -0.39 is 0 Å². The minimum atomic E-state index is -0.127. The van der Waals surface area contributed by atoms with Gasteiger partial charge in [-0.2, -0.15) is 0 Å². The molecule has 0 aliphatic carbocycles. The first-order chi connectivity index (χ1) is 11.1. The van der Waals surface area contributed by atoms with Crippen molar-refractivity contribution in [3.05, 3.63) is 44.8 Å². The first-order valence-electron chi connectivity index (χ1n) is 7.36. The maximum atomic E-state index is 11.9. The fraction of sp³-hybridized carbons (Fsp3) is 0.375. The predicted molar refractivity (Wildman–Crippen MR) is 95.0 cm³/mol. The normalized spacial score (nSPS) is 12.1. The third-order valence-corrected chi connectivity index (χ3v) is 5.21. The van der Waals surface area contributed by atoms with E-state index in [1.165, 1.54) is 16.2 Å². The molecule has 0 saturated heterocycles. The van der Waals surface area contributed by atoms with Crippen LogP contribution < -0.4 is 10.6 Å². The number of nitrogens with zero attached hydrogens (tertiary/aromatic N) is 1. The van der Waals surface area contributed by atoms with Gasteiger partial charge in [0, 0.05) is 24.4 Å². The highest BCUT2D eigenvalue weighted by molar-refractivity contribution is 7.12. The van der Waals surface area contributed by atoms with E-state index in [0.717, 1.165) is 0 Å². The van der Waals surface area contributed by atoms with Crippen molar-refractivity contribution in [3.63, 3.8) is 0 Å². The molecule has 2 N–H and O–H groups in total. The number of carbonyl (C=O) groups excluding carboxylic acids is 2. The van der Waals surface area contributed by atoms with Crippen molar-refractivity contribution in [3.8, 4) is 0 Å². The van der Waals surface area contributed by atoms with E-state index in [-0.39, 0.29) is 24.3 Å². The highest BCUT2D eigenvalue weighted by atomic mass is 32.1. The summed E-state index contributed by atoms with van der Waals surface area (Å²) in [5.74, 6) is -0.183. The number of hydrogen-bond acceptors (Lipinski definition) is 5. The Morgan fingerprint density at radius 2 is 1.87 bits per heavy atom. The highest BCUT2D eigenvalue weighted by Crippen LogP contribution is 2.22. The number of carbonyl (C=O) groups is 2. The Bertz CT molecular complexity index is 609. The second-order valence-corrected chi connectivity index (χ2v) is 7.21. The molecule has 23 heavy (non-hydrogen) atoms. The van der Waals surface area contributed by atoms with Crippen molar-refractivity contribution in [1.82, 2.24) is 15.5 Å². The monoisotopic (exact) mass is 351 g/mol. The molecule has 1 unspecified atom stereocenters. The van der Waals surface area contributed by atoms with E-state index in [9.17, 15) is 9.59 Å². The molecule has 0 saturated carbocycles. The number of thiophene rings is 2. The Kier molecular flexibility index (Phi) is 6.76. The lowest BCUT2D eigenvalue weighted by atomic mass is 10.2. The molecule has 2 aromatic rings. The van der Waals surface area contributed by atoms with Crippen LogP contribution in [-0.2, 0) is 4.79 Å². The molecule has 0 aromatic carbocycles. The third-order valence-electron chi connectivity index (χ3n) is 3.37. The predicted octanol–water partition coefficient (Wildman–Crippen LogP) is 2.35. The molecule has 0 bridgehead atoms. The second kappa shape index (κ2) is 8.81. The average molecular weight is 351 g/mol. The van der Waals surface area contributed by atoms with Crippen LogP contribution in [0.5, 0.6) is 0 Å². The molecule has 7 heteroatoms. The maximum Gasteiger partial charge on any atom is 0.261 e. The molecule has 0 spiro atoms. The number of amides is 2. The smallest absolute Gasteiger partial charge is 0.261 e. The third kappa shape index (κ3) is 5.46. The van der Waals surface area contributed by atoms with Crippen LogP contribution in [0, 0.1) is 0 Å². The van der Waals surface area contributed by atoms with E-state index in [4.69, 9.17) is 0 Å². The van der Waals surface area contributed by atoms with Gasteiger partial charge < -0.3 is 15.5 Å². The summed E-state index contributed by atoms with van der Waals surface area (Å²) in [6.07, 6.45) is 0.279.